The molecular formula is C21H18N2O5S. The number of carbonyl (C=O) groups is 3. The summed E-state index contributed by atoms with van der Waals surface area (Å²) < 4.78 is 5.68. The minimum Gasteiger partial charge on any atom is -0.489 e. The number of amides is 2. The van der Waals surface area contributed by atoms with Gasteiger partial charge >= 0.3 is 5.97 Å². The minimum atomic E-state index is -0.993. The molecule has 1 aliphatic heterocycles. The van der Waals surface area contributed by atoms with Gasteiger partial charge in [0, 0.05) is 14.1 Å². The van der Waals surface area contributed by atoms with Crippen LogP contribution in [-0.4, -0.2) is 51.9 Å². The van der Waals surface area contributed by atoms with Crippen molar-refractivity contribution in [3.8, 4) is 5.75 Å². The molecule has 8 heteroatoms. The van der Waals surface area contributed by atoms with Crippen molar-refractivity contribution in [2.24, 2.45) is 0 Å². The van der Waals surface area contributed by atoms with Crippen LogP contribution in [0.4, 0.5) is 0 Å². The Balaban J connectivity index is 1.72. The van der Waals surface area contributed by atoms with E-state index in [0.717, 1.165) is 5.56 Å². The molecule has 0 bridgehead atoms. The van der Waals surface area contributed by atoms with E-state index in [4.69, 9.17) is 22.1 Å². The zero-order chi connectivity index (χ0) is 21.1. The number of hydrogen-bond acceptors (Lipinski definition) is 5. The molecule has 3 rings (SSSR count). The van der Waals surface area contributed by atoms with Crippen molar-refractivity contribution in [3.63, 3.8) is 0 Å². The lowest BCUT2D eigenvalue weighted by Gasteiger charge is -2.31. The first kappa shape index (κ1) is 20.2. The Kier molecular flexibility index (Phi) is 5.74. The van der Waals surface area contributed by atoms with Crippen LogP contribution in [0.25, 0.3) is 6.08 Å². The fourth-order valence-electron chi connectivity index (χ4n) is 2.76. The smallest absolute Gasteiger partial charge is 0.335 e. The summed E-state index contributed by atoms with van der Waals surface area (Å²) in [5.41, 5.74) is 1.63. The summed E-state index contributed by atoms with van der Waals surface area (Å²) in [6.45, 7) is 0.214. The molecule has 2 amide bonds. The monoisotopic (exact) mass is 410 g/mol. The van der Waals surface area contributed by atoms with E-state index in [-0.39, 0.29) is 22.9 Å². The first-order chi connectivity index (χ1) is 13.8. The number of carbonyl (C=O) groups excluding carboxylic acids is 2. The Morgan fingerprint density at radius 1 is 1.07 bits per heavy atom. The van der Waals surface area contributed by atoms with Crippen LogP contribution in [0.1, 0.15) is 21.5 Å². The summed E-state index contributed by atoms with van der Waals surface area (Å²) in [6.07, 6.45) is 1.51. The molecule has 1 saturated heterocycles. The topological polar surface area (TPSA) is 87.1 Å². The van der Waals surface area contributed by atoms with Gasteiger partial charge in [-0.25, -0.2) is 4.79 Å². The van der Waals surface area contributed by atoms with Gasteiger partial charge in [-0.15, -0.1) is 0 Å². The fourth-order valence-corrected chi connectivity index (χ4v) is 2.93. The van der Waals surface area contributed by atoms with Gasteiger partial charge in [-0.05, 0) is 53.7 Å². The van der Waals surface area contributed by atoms with E-state index in [0.29, 0.717) is 11.3 Å². The third kappa shape index (κ3) is 4.33. The Morgan fingerprint density at radius 2 is 1.69 bits per heavy atom. The van der Waals surface area contributed by atoms with Gasteiger partial charge in [-0.1, -0.05) is 24.3 Å². The fraction of sp³-hybridized carbons (Fsp3) is 0.143. The maximum absolute atomic E-state index is 12.4. The van der Waals surface area contributed by atoms with Crippen molar-refractivity contribution in [1.29, 1.82) is 0 Å². The maximum Gasteiger partial charge on any atom is 0.335 e. The molecular weight excluding hydrogens is 392 g/mol. The van der Waals surface area contributed by atoms with Gasteiger partial charge in [0.05, 0.1) is 5.56 Å². The van der Waals surface area contributed by atoms with E-state index in [2.05, 4.69) is 0 Å². The Hall–Kier alpha value is -3.52. The summed E-state index contributed by atoms with van der Waals surface area (Å²) >= 11 is 5.07. The molecule has 0 radical (unpaired) electrons. The second-order valence-electron chi connectivity index (χ2n) is 6.43. The molecule has 1 aliphatic rings. The first-order valence-electron chi connectivity index (χ1n) is 8.65. The summed E-state index contributed by atoms with van der Waals surface area (Å²) in [6, 6.07) is 13.4. The summed E-state index contributed by atoms with van der Waals surface area (Å²) in [7, 11) is 3.05. The molecule has 29 heavy (non-hydrogen) atoms. The number of thiocarbonyl (C=S) groups is 1. The van der Waals surface area contributed by atoms with Crippen molar-refractivity contribution >= 4 is 41.2 Å². The predicted octanol–water partition coefficient (Wildman–Crippen LogP) is 2.56. The van der Waals surface area contributed by atoms with Crippen molar-refractivity contribution in [2.45, 2.75) is 6.61 Å². The first-order valence-corrected chi connectivity index (χ1v) is 9.05. The van der Waals surface area contributed by atoms with Crippen LogP contribution in [0.3, 0.4) is 0 Å². The molecule has 0 spiro atoms. The molecule has 0 aromatic heterocycles. The zero-order valence-corrected chi connectivity index (χ0v) is 16.6. The van der Waals surface area contributed by atoms with Crippen LogP contribution in [0.5, 0.6) is 5.75 Å². The van der Waals surface area contributed by atoms with Crippen molar-refractivity contribution in [3.05, 3.63) is 70.8 Å². The highest BCUT2D eigenvalue weighted by Crippen LogP contribution is 2.20. The van der Waals surface area contributed by atoms with Crippen LogP contribution in [0, 0.1) is 0 Å². The van der Waals surface area contributed by atoms with Gasteiger partial charge < -0.3 is 9.84 Å². The number of hydrogen-bond donors (Lipinski definition) is 1. The molecule has 148 valence electrons. The van der Waals surface area contributed by atoms with Gasteiger partial charge in [-0.2, -0.15) is 0 Å². The van der Waals surface area contributed by atoms with Crippen molar-refractivity contribution in [2.75, 3.05) is 14.1 Å². The zero-order valence-electron chi connectivity index (χ0n) is 15.8. The number of carboxylic acids is 1. The standard InChI is InChI=1S/C21H18N2O5S/c1-22-18(24)17(19(25)23(2)21(22)29)11-13-6-8-16(9-7-13)28-12-14-4-3-5-15(10-14)20(26)27/h3-11H,12H2,1-2H3,(H,26,27). The van der Waals surface area contributed by atoms with Crippen LogP contribution in [0.2, 0.25) is 0 Å². The number of benzene rings is 2. The predicted molar refractivity (Wildman–Crippen MR) is 110 cm³/mol. The van der Waals surface area contributed by atoms with E-state index >= 15 is 0 Å². The lowest BCUT2D eigenvalue weighted by molar-refractivity contribution is -0.132. The van der Waals surface area contributed by atoms with E-state index in [9.17, 15) is 14.4 Å². The van der Waals surface area contributed by atoms with Crippen LogP contribution in [0.15, 0.2) is 54.1 Å². The SMILES string of the molecule is CN1C(=O)C(=Cc2ccc(OCc3cccc(C(=O)O)c3)cc2)C(=O)N(C)C1=S. The lowest BCUT2D eigenvalue weighted by atomic mass is 10.1. The van der Waals surface area contributed by atoms with Crippen molar-refractivity contribution in [1.82, 2.24) is 9.80 Å². The van der Waals surface area contributed by atoms with Gasteiger partial charge in [0.2, 0.25) is 0 Å². The number of aromatic carboxylic acids is 1. The average Bonchev–Trinajstić information content (AvgIpc) is 2.73. The average molecular weight is 410 g/mol. The van der Waals surface area contributed by atoms with Crippen molar-refractivity contribution < 1.29 is 24.2 Å². The Morgan fingerprint density at radius 3 is 2.28 bits per heavy atom. The third-order valence-corrected chi connectivity index (χ3v) is 4.96. The van der Waals surface area contributed by atoms with Gasteiger partial charge in [0.25, 0.3) is 11.8 Å². The molecule has 1 heterocycles. The number of likely N-dealkylation sites (N-methyl/N-ethyl adjacent to an activating group) is 2. The molecule has 1 N–H and O–H groups in total. The highest BCUT2D eigenvalue weighted by atomic mass is 32.1. The highest BCUT2D eigenvalue weighted by Gasteiger charge is 2.35. The lowest BCUT2D eigenvalue weighted by Crippen LogP contribution is -2.52. The summed E-state index contributed by atoms with van der Waals surface area (Å²) in [4.78, 5) is 38.2. The molecule has 7 nitrogen and oxygen atoms in total. The molecule has 0 unspecified atom stereocenters. The van der Waals surface area contributed by atoms with E-state index in [1.807, 2.05) is 0 Å². The maximum atomic E-state index is 12.4. The molecule has 2 aromatic rings. The summed E-state index contributed by atoms with van der Waals surface area (Å²) in [5.74, 6) is -1.31. The second-order valence-corrected chi connectivity index (χ2v) is 6.80. The van der Waals surface area contributed by atoms with Gasteiger partial charge in [-0.3, -0.25) is 19.4 Å². The largest absolute Gasteiger partial charge is 0.489 e. The molecule has 0 aliphatic carbocycles. The van der Waals surface area contributed by atoms with Gasteiger partial charge in [0.15, 0.2) is 5.11 Å². The Bertz CT molecular complexity index is 1000. The van der Waals surface area contributed by atoms with Crippen LogP contribution < -0.4 is 4.74 Å². The Labute approximate surface area is 172 Å². The second kappa shape index (κ2) is 8.24. The van der Waals surface area contributed by atoms with E-state index < -0.39 is 17.8 Å². The number of carboxylic acid groups (broad SMARTS) is 1. The van der Waals surface area contributed by atoms with E-state index in [1.54, 1.807) is 42.5 Å². The molecule has 0 atom stereocenters. The number of ether oxygens (including phenoxy) is 1. The molecule has 2 aromatic carbocycles. The van der Waals surface area contributed by atoms with Crippen LogP contribution >= 0.6 is 12.2 Å². The molecule has 1 fully saturated rings. The highest BCUT2D eigenvalue weighted by molar-refractivity contribution is 7.80. The van der Waals surface area contributed by atoms with Gasteiger partial charge in [0.1, 0.15) is 17.9 Å². The number of rotatable bonds is 5. The summed E-state index contributed by atoms with van der Waals surface area (Å²) in [5, 5.41) is 9.20. The number of nitrogens with zero attached hydrogens (tertiary/aromatic N) is 2. The normalized spacial score (nSPS) is 14.3. The molecule has 0 saturated carbocycles. The quantitative estimate of drug-likeness (QED) is 0.463. The minimum absolute atomic E-state index is 0.0303. The third-order valence-electron chi connectivity index (χ3n) is 4.41. The van der Waals surface area contributed by atoms with E-state index in [1.165, 1.54) is 36.0 Å². The van der Waals surface area contributed by atoms with Crippen LogP contribution in [-0.2, 0) is 16.2 Å².